The van der Waals surface area contributed by atoms with Crippen LogP contribution >= 0.6 is 11.8 Å². The summed E-state index contributed by atoms with van der Waals surface area (Å²) < 4.78 is 0. The Morgan fingerprint density at radius 3 is 2.16 bits per heavy atom. The second kappa shape index (κ2) is 5.65. The molecule has 0 aliphatic rings. The first-order valence-electron chi connectivity index (χ1n) is 5.08. The molecule has 1 aromatic rings. The lowest BCUT2D eigenvalue weighted by atomic mass is 10.1. The van der Waals surface area contributed by atoms with Crippen molar-refractivity contribution in [3.63, 3.8) is 0 Å². The summed E-state index contributed by atoms with van der Waals surface area (Å²) >= 11 is 0.944. The number of thioether (sulfide) groups is 1. The smallest absolute Gasteiger partial charge is 0.290 e. The van der Waals surface area contributed by atoms with E-state index in [1.54, 1.807) is 13.8 Å². The Balaban J connectivity index is 3.60. The fourth-order valence-corrected chi connectivity index (χ4v) is 2.35. The van der Waals surface area contributed by atoms with Gasteiger partial charge in [0.05, 0.1) is 26.8 Å². The number of nitrogens with zero attached hydrogens (tertiary/aromatic N) is 2. The number of nitro benzene ring substituents is 2. The van der Waals surface area contributed by atoms with Crippen molar-refractivity contribution in [1.29, 1.82) is 0 Å². The molecule has 9 heteroatoms. The SMILES string of the molecule is CC(C)Sc1c(C(=O)[O-])cc([N+](=O)[O-])cc1[N+](=O)[O-]. The van der Waals surface area contributed by atoms with Gasteiger partial charge >= 0.3 is 0 Å². The summed E-state index contributed by atoms with van der Waals surface area (Å²) in [6.45, 7) is 3.43. The molecule has 102 valence electrons. The third kappa shape index (κ3) is 3.41. The van der Waals surface area contributed by atoms with Crippen molar-refractivity contribution in [2.45, 2.75) is 24.0 Å². The molecule has 0 unspecified atom stereocenters. The highest BCUT2D eigenvalue weighted by Crippen LogP contribution is 2.37. The standard InChI is InChI=1S/C10H10N2O6S/c1-5(2)19-9-7(10(13)14)3-6(11(15)16)4-8(9)12(17)18/h3-5H,1-2H3,(H,13,14)/p-1. The Morgan fingerprint density at radius 1 is 1.21 bits per heavy atom. The summed E-state index contributed by atoms with van der Waals surface area (Å²) in [7, 11) is 0. The van der Waals surface area contributed by atoms with Gasteiger partial charge in [0, 0.05) is 16.9 Å². The van der Waals surface area contributed by atoms with Crippen molar-refractivity contribution < 1.29 is 19.7 Å². The number of carboxylic acid groups (broad SMARTS) is 1. The number of carbonyl (C=O) groups is 1. The highest BCUT2D eigenvalue weighted by atomic mass is 32.2. The monoisotopic (exact) mass is 285 g/mol. The lowest BCUT2D eigenvalue weighted by molar-refractivity contribution is -0.396. The molecule has 0 saturated heterocycles. The normalized spacial score (nSPS) is 10.5. The fourth-order valence-electron chi connectivity index (χ4n) is 1.35. The molecule has 1 aromatic carbocycles. The number of rotatable bonds is 5. The minimum atomic E-state index is -1.69. The van der Waals surface area contributed by atoms with Gasteiger partial charge in [-0.2, -0.15) is 0 Å². The van der Waals surface area contributed by atoms with Crippen LogP contribution in [0, 0.1) is 20.2 Å². The third-order valence-corrected chi connectivity index (χ3v) is 3.17. The summed E-state index contributed by atoms with van der Waals surface area (Å²) in [5.74, 6) is -1.69. The van der Waals surface area contributed by atoms with Crippen LogP contribution in [0.2, 0.25) is 0 Å². The molecule has 0 heterocycles. The molecule has 1 rings (SSSR count). The second-order valence-electron chi connectivity index (χ2n) is 3.81. The molecule has 0 spiro atoms. The first kappa shape index (κ1) is 14.9. The largest absolute Gasteiger partial charge is 0.545 e. The molecule has 0 aliphatic heterocycles. The second-order valence-corrected chi connectivity index (χ2v) is 5.40. The van der Waals surface area contributed by atoms with Gasteiger partial charge in [-0.25, -0.2) is 0 Å². The molecule has 0 radical (unpaired) electrons. The summed E-state index contributed by atoms with van der Waals surface area (Å²) in [5, 5.41) is 32.4. The van der Waals surface area contributed by atoms with Crippen LogP contribution in [0.4, 0.5) is 11.4 Å². The van der Waals surface area contributed by atoms with Crippen LogP contribution in [-0.4, -0.2) is 21.1 Å². The molecular weight excluding hydrogens is 276 g/mol. The minimum absolute atomic E-state index is 0.127. The van der Waals surface area contributed by atoms with Gasteiger partial charge in [-0.15, -0.1) is 11.8 Å². The fraction of sp³-hybridized carbons (Fsp3) is 0.300. The van der Waals surface area contributed by atoms with Crippen LogP contribution in [0.15, 0.2) is 17.0 Å². The molecule has 19 heavy (non-hydrogen) atoms. The molecule has 0 saturated carbocycles. The van der Waals surface area contributed by atoms with Crippen LogP contribution in [0.1, 0.15) is 24.2 Å². The predicted octanol–water partition coefficient (Wildman–Crippen LogP) is 1.37. The van der Waals surface area contributed by atoms with E-state index in [2.05, 4.69) is 0 Å². The topological polar surface area (TPSA) is 126 Å². The van der Waals surface area contributed by atoms with Gasteiger partial charge in [0.15, 0.2) is 0 Å². The van der Waals surface area contributed by atoms with Crippen LogP contribution < -0.4 is 5.11 Å². The van der Waals surface area contributed by atoms with E-state index in [1.807, 2.05) is 0 Å². The highest BCUT2D eigenvalue weighted by Gasteiger charge is 2.25. The molecule has 0 amide bonds. The molecule has 0 aliphatic carbocycles. The van der Waals surface area contributed by atoms with Gasteiger partial charge in [0.25, 0.3) is 11.4 Å². The van der Waals surface area contributed by atoms with Crippen LogP contribution in [-0.2, 0) is 0 Å². The number of non-ortho nitro benzene ring substituents is 1. The quantitative estimate of drug-likeness (QED) is 0.454. The summed E-state index contributed by atoms with van der Waals surface area (Å²) in [5.41, 5.74) is -1.80. The summed E-state index contributed by atoms with van der Waals surface area (Å²) in [6.07, 6.45) is 0. The lowest BCUT2D eigenvalue weighted by Gasteiger charge is -2.12. The van der Waals surface area contributed by atoms with Crippen molar-refractivity contribution in [1.82, 2.24) is 0 Å². The number of benzene rings is 1. The van der Waals surface area contributed by atoms with E-state index in [0.717, 1.165) is 23.9 Å². The van der Waals surface area contributed by atoms with Gasteiger partial charge in [-0.05, 0) is 0 Å². The van der Waals surface area contributed by atoms with E-state index >= 15 is 0 Å². The Hall–Kier alpha value is -2.16. The van der Waals surface area contributed by atoms with Crippen molar-refractivity contribution in [2.24, 2.45) is 0 Å². The van der Waals surface area contributed by atoms with E-state index in [-0.39, 0.29) is 10.1 Å². The molecule has 0 fully saturated rings. The minimum Gasteiger partial charge on any atom is -0.545 e. The van der Waals surface area contributed by atoms with Crippen LogP contribution in [0.3, 0.4) is 0 Å². The number of carbonyl (C=O) groups excluding carboxylic acids is 1. The van der Waals surface area contributed by atoms with Crippen LogP contribution in [0.25, 0.3) is 0 Å². The van der Waals surface area contributed by atoms with Gasteiger partial charge in [0.1, 0.15) is 0 Å². The average molecular weight is 285 g/mol. The maximum absolute atomic E-state index is 11.0. The number of nitro groups is 2. The molecule has 0 bridgehead atoms. The molecular formula is C10H9N2O6S-. The molecule has 8 nitrogen and oxygen atoms in total. The van der Waals surface area contributed by atoms with Gasteiger partial charge < -0.3 is 9.90 Å². The average Bonchev–Trinajstić information content (AvgIpc) is 2.27. The predicted molar refractivity (Wildman–Crippen MR) is 65.1 cm³/mol. The molecule has 0 N–H and O–H groups in total. The van der Waals surface area contributed by atoms with Crippen molar-refractivity contribution in [2.75, 3.05) is 0 Å². The highest BCUT2D eigenvalue weighted by molar-refractivity contribution is 8.00. The third-order valence-electron chi connectivity index (χ3n) is 2.04. The van der Waals surface area contributed by atoms with E-state index in [1.165, 1.54) is 0 Å². The van der Waals surface area contributed by atoms with Gasteiger partial charge in [-0.3, -0.25) is 20.2 Å². The van der Waals surface area contributed by atoms with E-state index < -0.39 is 32.8 Å². The molecule has 0 atom stereocenters. The number of carboxylic acids is 1. The first-order valence-corrected chi connectivity index (χ1v) is 5.96. The number of hydrogen-bond acceptors (Lipinski definition) is 7. The molecule has 0 aromatic heterocycles. The van der Waals surface area contributed by atoms with Gasteiger partial charge in [-0.1, -0.05) is 13.8 Å². The Bertz CT molecular complexity index is 522. The summed E-state index contributed by atoms with van der Waals surface area (Å²) in [6, 6.07) is 1.52. The van der Waals surface area contributed by atoms with E-state index in [4.69, 9.17) is 0 Å². The van der Waals surface area contributed by atoms with Gasteiger partial charge in [0.2, 0.25) is 0 Å². The van der Waals surface area contributed by atoms with Crippen LogP contribution in [0.5, 0.6) is 0 Å². The summed E-state index contributed by atoms with van der Waals surface area (Å²) in [4.78, 5) is 30.7. The zero-order chi connectivity index (χ0) is 14.7. The zero-order valence-electron chi connectivity index (χ0n) is 9.98. The maximum atomic E-state index is 11.0. The first-order chi connectivity index (χ1) is 8.73. The maximum Gasteiger partial charge on any atom is 0.290 e. The van der Waals surface area contributed by atoms with Crippen molar-refractivity contribution >= 4 is 29.1 Å². The Morgan fingerprint density at radius 2 is 1.79 bits per heavy atom. The zero-order valence-corrected chi connectivity index (χ0v) is 10.8. The Kier molecular flexibility index (Phi) is 4.43. The lowest BCUT2D eigenvalue weighted by Crippen LogP contribution is -2.23. The van der Waals surface area contributed by atoms with Crippen molar-refractivity contribution in [3.05, 3.63) is 37.9 Å². The Labute approximate surface area is 111 Å². The van der Waals surface area contributed by atoms with Crippen molar-refractivity contribution in [3.8, 4) is 0 Å². The van der Waals surface area contributed by atoms with E-state index in [0.29, 0.717) is 0 Å². The van der Waals surface area contributed by atoms with E-state index in [9.17, 15) is 30.1 Å². The number of aromatic carboxylic acids is 1. The number of hydrogen-bond donors (Lipinski definition) is 0.